The molecule has 2 heteroatoms. The van der Waals surface area contributed by atoms with Gasteiger partial charge in [0.25, 0.3) is 0 Å². The van der Waals surface area contributed by atoms with Gasteiger partial charge in [-0.05, 0) is 144 Å². The quantitative estimate of drug-likeness (QED) is 0.174. The van der Waals surface area contributed by atoms with E-state index in [0.29, 0.717) is 5.56 Å². The Balaban J connectivity index is 1.05. The van der Waals surface area contributed by atoms with Crippen molar-refractivity contribution in [3.8, 4) is 28.3 Å². The summed E-state index contributed by atoms with van der Waals surface area (Å²) in [6, 6.07) is 67.6. The molecule has 0 spiro atoms. The topological polar surface area (TPSA) is 27.0 Å². The van der Waals surface area contributed by atoms with E-state index in [1.807, 2.05) is 24.3 Å². The Labute approximate surface area is 296 Å². The van der Waals surface area contributed by atoms with E-state index in [1.165, 1.54) is 76.1 Å². The lowest BCUT2D eigenvalue weighted by atomic mass is 9.89. The van der Waals surface area contributed by atoms with Gasteiger partial charge < -0.3 is 4.90 Å². The molecule has 0 unspecified atom stereocenters. The van der Waals surface area contributed by atoms with E-state index in [4.69, 9.17) is 0 Å². The fraction of sp³-hybridized carbons (Fsp3) is 0. The zero-order valence-corrected chi connectivity index (χ0v) is 27.7. The van der Waals surface area contributed by atoms with Gasteiger partial charge in [0.05, 0.1) is 17.3 Å². The molecule has 0 fully saturated rings. The van der Waals surface area contributed by atoms with E-state index < -0.39 is 0 Å². The molecule has 0 saturated carbocycles. The number of nitriles is 1. The van der Waals surface area contributed by atoms with Crippen LogP contribution in [0.5, 0.6) is 0 Å². The monoisotopic (exact) mass is 646 g/mol. The van der Waals surface area contributed by atoms with Crippen molar-refractivity contribution in [2.24, 2.45) is 0 Å². The normalized spacial score (nSPS) is 11.5. The molecule has 236 valence electrons. The van der Waals surface area contributed by atoms with Gasteiger partial charge in [0, 0.05) is 16.8 Å². The second-order valence-electron chi connectivity index (χ2n) is 13.3. The number of hydrogen-bond donors (Lipinski definition) is 0. The van der Waals surface area contributed by atoms with E-state index in [9.17, 15) is 5.26 Å². The molecule has 51 heavy (non-hydrogen) atoms. The Bertz CT molecular complexity index is 2900. The van der Waals surface area contributed by atoms with Gasteiger partial charge >= 0.3 is 0 Å². The minimum atomic E-state index is 0.645. The molecule has 0 amide bonds. The van der Waals surface area contributed by atoms with Crippen LogP contribution in [0.1, 0.15) is 5.56 Å². The van der Waals surface area contributed by atoms with Crippen LogP contribution < -0.4 is 4.90 Å². The molecule has 10 rings (SSSR count). The molecule has 0 aliphatic carbocycles. The summed E-state index contributed by atoms with van der Waals surface area (Å²) in [4.78, 5) is 2.28. The molecule has 10 aromatic rings. The van der Waals surface area contributed by atoms with Gasteiger partial charge in [-0.25, -0.2) is 0 Å². The Morgan fingerprint density at radius 2 is 0.824 bits per heavy atom. The lowest BCUT2D eigenvalue weighted by molar-refractivity contribution is 1.29. The molecule has 0 bridgehead atoms. The maximum Gasteiger partial charge on any atom is 0.0991 e. The van der Waals surface area contributed by atoms with Gasteiger partial charge in [0.1, 0.15) is 0 Å². The van der Waals surface area contributed by atoms with Gasteiger partial charge in [-0.3, -0.25) is 0 Å². The van der Waals surface area contributed by atoms with Gasteiger partial charge in [0.15, 0.2) is 0 Å². The van der Waals surface area contributed by atoms with Crippen LogP contribution in [0.3, 0.4) is 0 Å². The standard InChI is InChI=1S/C49H30N2/c50-31-32-12-22-44(23-13-32)51(47-11-5-9-35-7-3-4-10-46(35)47)45-24-20-34(21-25-45)42-27-38-16-18-40-29-43(30-41-19-17-39(28-42)48(38)49(40)41)37-15-14-33-6-1-2-8-36(33)26-37/h1-30H. The molecule has 0 N–H and O–H groups in total. The van der Waals surface area contributed by atoms with Crippen molar-refractivity contribution < 1.29 is 0 Å². The number of fused-ring (bicyclic) bond motifs is 2. The van der Waals surface area contributed by atoms with Gasteiger partial charge in [-0.2, -0.15) is 5.26 Å². The molecule has 0 aromatic heterocycles. The van der Waals surface area contributed by atoms with Crippen LogP contribution in [-0.4, -0.2) is 0 Å². The highest BCUT2D eigenvalue weighted by atomic mass is 15.1. The highest BCUT2D eigenvalue weighted by molar-refractivity contribution is 6.24. The van der Waals surface area contributed by atoms with Crippen LogP contribution in [0.4, 0.5) is 17.1 Å². The Morgan fingerprint density at radius 3 is 1.45 bits per heavy atom. The summed E-state index contributed by atoms with van der Waals surface area (Å²) in [6.07, 6.45) is 0. The molecule has 0 saturated heterocycles. The van der Waals surface area contributed by atoms with Gasteiger partial charge in [-0.1, -0.05) is 109 Å². The largest absolute Gasteiger partial charge is 0.310 e. The lowest BCUT2D eigenvalue weighted by Crippen LogP contribution is -2.10. The molecule has 0 atom stereocenters. The van der Waals surface area contributed by atoms with Crippen LogP contribution in [0.2, 0.25) is 0 Å². The first-order chi connectivity index (χ1) is 25.2. The second kappa shape index (κ2) is 11.6. The minimum absolute atomic E-state index is 0.645. The predicted octanol–water partition coefficient (Wildman–Crippen LogP) is 13.6. The average Bonchev–Trinajstić information content (AvgIpc) is 3.20. The number of nitrogens with zero attached hydrogens (tertiary/aromatic N) is 2. The Morgan fingerprint density at radius 1 is 0.353 bits per heavy atom. The van der Waals surface area contributed by atoms with E-state index in [1.54, 1.807) is 0 Å². The van der Waals surface area contributed by atoms with Crippen LogP contribution in [0.25, 0.3) is 76.1 Å². The van der Waals surface area contributed by atoms with Crippen molar-refractivity contribution in [3.05, 3.63) is 188 Å². The lowest BCUT2D eigenvalue weighted by Gasteiger charge is -2.27. The molecular formula is C49H30N2. The summed E-state index contributed by atoms with van der Waals surface area (Å²) in [7, 11) is 0. The molecule has 0 aliphatic heterocycles. The fourth-order valence-corrected chi connectivity index (χ4v) is 7.86. The Hall–Kier alpha value is -6.95. The zero-order chi connectivity index (χ0) is 33.9. The smallest absolute Gasteiger partial charge is 0.0991 e. The highest BCUT2D eigenvalue weighted by Gasteiger charge is 2.17. The van der Waals surface area contributed by atoms with E-state index in [2.05, 4.69) is 169 Å². The molecule has 2 nitrogen and oxygen atoms in total. The number of benzene rings is 10. The third kappa shape index (κ3) is 4.87. The van der Waals surface area contributed by atoms with Crippen molar-refractivity contribution in [3.63, 3.8) is 0 Å². The summed E-state index contributed by atoms with van der Waals surface area (Å²) >= 11 is 0. The zero-order valence-electron chi connectivity index (χ0n) is 27.7. The maximum atomic E-state index is 9.46. The predicted molar refractivity (Wildman–Crippen MR) is 215 cm³/mol. The molecule has 0 heterocycles. The maximum absolute atomic E-state index is 9.46. The summed E-state index contributed by atoms with van der Waals surface area (Å²) < 4.78 is 0. The summed E-state index contributed by atoms with van der Waals surface area (Å²) in [5.74, 6) is 0. The van der Waals surface area contributed by atoms with Crippen molar-refractivity contribution in [1.29, 1.82) is 5.26 Å². The van der Waals surface area contributed by atoms with E-state index in [-0.39, 0.29) is 0 Å². The summed E-state index contributed by atoms with van der Waals surface area (Å²) in [5, 5.41) is 22.0. The minimum Gasteiger partial charge on any atom is -0.310 e. The van der Waals surface area contributed by atoms with Crippen molar-refractivity contribution in [1.82, 2.24) is 0 Å². The van der Waals surface area contributed by atoms with Gasteiger partial charge in [0.2, 0.25) is 0 Å². The van der Waals surface area contributed by atoms with E-state index in [0.717, 1.165) is 17.1 Å². The first-order valence-corrected chi connectivity index (χ1v) is 17.3. The second-order valence-corrected chi connectivity index (χ2v) is 13.3. The highest BCUT2D eigenvalue weighted by Crippen LogP contribution is 2.42. The molecule has 0 radical (unpaired) electrons. The third-order valence-corrected chi connectivity index (χ3v) is 10.3. The SMILES string of the molecule is N#Cc1ccc(N(c2ccc(-c3cc4ccc5cc(-c6ccc7ccccc7c6)cc6ccc(c3)c4c56)cc2)c2cccc3ccccc23)cc1. The first kappa shape index (κ1) is 29.0. The van der Waals surface area contributed by atoms with Crippen LogP contribution >= 0.6 is 0 Å². The van der Waals surface area contributed by atoms with Crippen molar-refractivity contribution in [2.45, 2.75) is 0 Å². The summed E-state index contributed by atoms with van der Waals surface area (Å²) in [6.45, 7) is 0. The first-order valence-electron chi connectivity index (χ1n) is 17.3. The van der Waals surface area contributed by atoms with Crippen LogP contribution in [-0.2, 0) is 0 Å². The molecule has 0 aliphatic rings. The summed E-state index contributed by atoms with van der Waals surface area (Å²) in [5.41, 5.74) is 8.64. The number of rotatable bonds is 5. The third-order valence-electron chi connectivity index (χ3n) is 10.3. The average molecular weight is 647 g/mol. The Kier molecular flexibility index (Phi) is 6.59. The van der Waals surface area contributed by atoms with Crippen LogP contribution in [0.15, 0.2) is 182 Å². The van der Waals surface area contributed by atoms with E-state index >= 15 is 0 Å². The number of hydrogen-bond acceptors (Lipinski definition) is 2. The van der Waals surface area contributed by atoms with Gasteiger partial charge in [-0.15, -0.1) is 0 Å². The molecular weight excluding hydrogens is 617 g/mol. The van der Waals surface area contributed by atoms with Crippen molar-refractivity contribution >= 4 is 70.9 Å². The number of anilines is 3. The molecule has 10 aromatic carbocycles. The fourth-order valence-electron chi connectivity index (χ4n) is 7.86. The van der Waals surface area contributed by atoms with Crippen LogP contribution in [0, 0.1) is 11.3 Å². The van der Waals surface area contributed by atoms with Crippen molar-refractivity contribution in [2.75, 3.05) is 4.90 Å².